The van der Waals surface area contributed by atoms with Crippen LogP contribution >= 0.6 is 22.9 Å². The highest BCUT2D eigenvalue weighted by molar-refractivity contribution is 7.15. The van der Waals surface area contributed by atoms with Crippen LogP contribution in [0.3, 0.4) is 0 Å². The third-order valence-corrected chi connectivity index (χ3v) is 5.32. The molecule has 3 heterocycles. The molecule has 0 radical (unpaired) electrons. The van der Waals surface area contributed by atoms with Gasteiger partial charge in [-0.05, 0) is 42.0 Å². The summed E-state index contributed by atoms with van der Waals surface area (Å²) in [5.74, 6) is -1.46. The van der Waals surface area contributed by atoms with Crippen molar-refractivity contribution in [2.75, 3.05) is 5.32 Å². The molecule has 0 saturated carbocycles. The van der Waals surface area contributed by atoms with Crippen LogP contribution in [0.25, 0.3) is 16.6 Å². The van der Waals surface area contributed by atoms with Gasteiger partial charge in [0, 0.05) is 33.9 Å². The minimum atomic E-state index is -1.10. The smallest absolute Gasteiger partial charge is 0.339 e. The molecule has 0 unspecified atom stereocenters. The van der Waals surface area contributed by atoms with E-state index in [-0.39, 0.29) is 11.5 Å². The molecule has 0 aliphatic carbocycles. The lowest BCUT2D eigenvalue weighted by molar-refractivity contribution is 0.0699. The van der Waals surface area contributed by atoms with Crippen LogP contribution in [-0.2, 0) is 0 Å². The average Bonchev–Trinajstić information content (AvgIpc) is 3.28. The number of amides is 1. The number of rotatable bonds is 4. The lowest BCUT2D eigenvalue weighted by Crippen LogP contribution is -2.14. The number of aromatic carboxylic acids is 1. The van der Waals surface area contributed by atoms with Gasteiger partial charge in [-0.2, -0.15) is 0 Å². The summed E-state index contributed by atoms with van der Waals surface area (Å²) in [6, 6.07) is 14.3. The molecule has 5 nitrogen and oxygen atoms in total. The number of fused-ring (bicyclic) bond motifs is 1. The van der Waals surface area contributed by atoms with E-state index in [9.17, 15) is 14.7 Å². The predicted molar refractivity (Wildman–Crippen MR) is 107 cm³/mol. The first kappa shape index (κ1) is 17.3. The minimum absolute atomic E-state index is 0.0673. The number of thiophene rings is 1. The van der Waals surface area contributed by atoms with E-state index in [1.54, 1.807) is 41.9 Å². The SMILES string of the molecule is O=C(Nc1scc(-c2ccc(Cl)cc2)c1C(=O)O)c1ccc2cccn2c1. The largest absolute Gasteiger partial charge is 0.478 e. The van der Waals surface area contributed by atoms with E-state index in [2.05, 4.69) is 5.32 Å². The molecule has 0 bridgehead atoms. The Hall–Kier alpha value is -3.09. The number of nitrogens with zero attached hydrogens (tertiary/aromatic N) is 1. The third kappa shape index (κ3) is 3.32. The highest BCUT2D eigenvalue weighted by Gasteiger charge is 2.21. The second-order valence-corrected chi connectivity index (χ2v) is 7.19. The van der Waals surface area contributed by atoms with E-state index >= 15 is 0 Å². The molecule has 7 heteroatoms. The van der Waals surface area contributed by atoms with E-state index in [1.165, 1.54) is 11.3 Å². The van der Waals surface area contributed by atoms with Crippen molar-refractivity contribution in [2.45, 2.75) is 0 Å². The molecule has 4 rings (SSSR count). The van der Waals surface area contributed by atoms with Gasteiger partial charge in [0.2, 0.25) is 0 Å². The van der Waals surface area contributed by atoms with Gasteiger partial charge in [0.15, 0.2) is 0 Å². The van der Waals surface area contributed by atoms with E-state index in [4.69, 9.17) is 11.6 Å². The van der Waals surface area contributed by atoms with Crippen LogP contribution in [0, 0.1) is 0 Å². The zero-order valence-corrected chi connectivity index (χ0v) is 15.4. The standard InChI is InChI=1S/C20H13ClN2O3S/c21-14-6-3-12(4-7-14)16-11-27-19(17(16)20(25)26)22-18(24)13-5-8-15-2-1-9-23(15)10-13/h1-11H,(H,22,24)(H,25,26). The molecule has 0 aliphatic heterocycles. The Bertz CT molecular complexity index is 1160. The maximum atomic E-state index is 12.6. The molecule has 1 amide bonds. The molecule has 0 fully saturated rings. The molecule has 0 atom stereocenters. The second-order valence-electron chi connectivity index (χ2n) is 5.88. The number of carbonyl (C=O) groups is 2. The van der Waals surface area contributed by atoms with Gasteiger partial charge in [0.25, 0.3) is 5.91 Å². The normalized spacial score (nSPS) is 10.9. The Morgan fingerprint density at radius 3 is 2.59 bits per heavy atom. The fraction of sp³-hybridized carbons (Fsp3) is 0. The Labute approximate surface area is 163 Å². The predicted octanol–water partition coefficient (Wildman–Crippen LogP) is 5.27. The first-order chi connectivity index (χ1) is 13.0. The summed E-state index contributed by atoms with van der Waals surface area (Å²) in [4.78, 5) is 24.4. The summed E-state index contributed by atoms with van der Waals surface area (Å²) in [5, 5.41) is 15.0. The number of hydrogen-bond donors (Lipinski definition) is 2. The minimum Gasteiger partial charge on any atom is -0.478 e. The topological polar surface area (TPSA) is 70.8 Å². The van der Waals surface area contributed by atoms with Crippen LogP contribution < -0.4 is 5.32 Å². The summed E-state index contributed by atoms with van der Waals surface area (Å²) in [7, 11) is 0. The molecule has 1 aromatic carbocycles. The summed E-state index contributed by atoms with van der Waals surface area (Å²) in [5.41, 5.74) is 2.75. The molecule has 2 N–H and O–H groups in total. The average molecular weight is 397 g/mol. The first-order valence-corrected chi connectivity index (χ1v) is 9.27. The van der Waals surface area contributed by atoms with E-state index in [1.807, 2.05) is 28.8 Å². The Balaban J connectivity index is 1.68. The summed E-state index contributed by atoms with van der Waals surface area (Å²) < 4.78 is 1.83. The van der Waals surface area contributed by atoms with Gasteiger partial charge in [-0.3, -0.25) is 4.79 Å². The molecular formula is C20H13ClN2O3S. The molecule has 134 valence electrons. The number of benzene rings is 1. The van der Waals surface area contributed by atoms with Gasteiger partial charge in [-0.15, -0.1) is 11.3 Å². The number of aromatic nitrogens is 1. The molecule has 3 aromatic heterocycles. The Kier molecular flexibility index (Phi) is 4.43. The van der Waals surface area contributed by atoms with Crippen LogP contribution in [0.1, 0.15) is 20.7 Å². The molecule has 27 heavy (non-hydrogen) atoms. The zero-order valence-electron chi connectivity index (χ0n) is 13.8. The summed E-state index contributed by atoms with van der Waals surface area (Å²) >= 11 is 7.08. The van der Waals surface area contributed by atoms with Crippen LogP contribution in [0.15, 0.2) is 66.3 Å². The number of carbonyl (C=O) groups excluding carboxylic acids is 1. The molecule has 0 aliphatic rings. The quantitative estimate of drug-likeness (QED) is 0.493. The summed E-state index contributed by atoms with van der Waals surface area (Å²) in [6.07, 6.45) is 3.55. The van der Waals surface area contributed by atoms with Gasteiger partial charge in [-0.1, -0.05) is 23.7 Å². The number of pyridine rings is 1. The maximum absolute atomic E-state index is 12.6. The van der Waals surface area contributed by atoms with Gasteiger partial charge in [-0.25, -0.2) is 4.79 Å². The lowest BCUT2D eigenvalue weighted by Gasteiger charge is -2.07. The van der Waals surface area contributed by atoms with Crippen molar-refractivity contribution in [3.8, 4) is 11.1 Å². The molecule has 0 saturated heterocycles. The van der Waals surface area contributed by atoms with Crippen LogP contribution in [0.4, 0.5) is 5.00 Å². The number of carboxylic acid groups (broad SMARTS) is 1. The Morgan fingerprint density at radius 2 is 1.85 bits per heavy atom. The highest BCUT2D eigenvalue weighted by atomic mass is 35.5. The van der Waals surface area contributed by atoms with E-state index < -0.39 is 5.97 Å². The lowest BCUT2D eigenvalue weighted by atomic mass is 10.0. The van der Waals surface area contributed by atoms with Crippen molar-refractivity contribution in [3.05, 3.63) is 82.5 Å². The zero-order chi connectivity index (χ0) is 19.0. The Morgan fingerprint density at radius 1 is 1.07 bits per heavy atom. The number of carboxylic acids is 1. The monoisotopic (exact) mass is 396 g/mol. The van der Waals surface area contributed by atoms with Crippen LogP contribution in [0.5, 0.6) is 0 Å². The third-order valence-electron chi connectivity index (χ3n) is 4.17. The maximum Gasteiger partial charge on any atom is 0.339 e. The number of nitrogens with one attached hydrogen (secondary N) is 1. The van der Waals surface area contributed by atoms with Crippen molar-refractivity contribution >= 4 is 45.3 Å². The van der Waals surface area contributed by atoms with Crippen molar-refractivity contribution in [3.63, 3.8) is 0 Å². The number of hydrogen-bond acceptors (Lipinski definition) is 3. The molecular weight excluding hydrogens is 384 g/mol. The van der Waals surface area contributed by atoms with Gasteiger partial charge >= 0.3 is 5.97 Å². The van der Waals surface area contributed by atoms with E-state index in [0.717, 1.165) is 11.1 Å². The fourth-order valence-electron chi connectivity index (χ4n) is 2.85. The first-order valence-electron chi connectivity index (χ1n) is 8.02. The van der Waals surface area contributed by atoms with Crippen molar-refractivity contribution in [2.24, 2.45) is 0 Å². The van der Waals surface area contributed by atoms with Crippen molar-refractivity contribution in [1.82, 2.24) is 4.40 Å². The number of anilines is 1. The van der Waals surface area contributed by atoms with Crippen LogP contribution in [0.2, 0.25) is 5.02 Å². The van der Waals surface area contributed by atoms with Crippen molar-refractivity contribution < 1.29 is 14.7 Å². The summed E-state index contributed by atoms with van der Waals surface area (Å²) in [6.45, 7) is 0. The molecule has 4 aromatic rings. The van der Waals surface area contributed by atoms with Crippen molar-refractivity contribution in [1.29, 1.82) is 0 Å². The van der Waals surface area contributed by atoms with Crippen LogP contribution in [-0.4, -0.2) is 21.4 Å². The highest BCUT2D eigenvalue weighted by Crippen LogP contribution is 2.36. The van der Waals surface area contributed by atoms with Gasteiger partial charge in [0.1, 0.15) is 10.6 Å². The van der Waals surface area contributed by atoms with E-state index in [0.29, 0.717) is 21.2 Å². The molecule has 0 spiro atoms. The second kappa shape index (κ2) is 6.90. The number of halogens is 1. The van der Waals surface area contributed by atoms with Gasteiger partial charge in [0.05, 0.1) is 5.56 Å². The fourth-order valence-corrected chi connectivity index (χ4v) is 3.93. The van der Waals surface area contributed by atoms with Gasteiger partial charge < -0.3 is 14.8 Å².